The molecule has 1 saturated heterocycles. The Morgan fingerprint density at radius 2 is 2.27 bits per heavy atom. The molecule has 0 spiro atoms. The molecule has 1 amide bonds. The van der Waals surface area contributed by atoms with E-state index in [9.17, 15) is 23.1 Å². The highest BCUT2D eigenvalue weighted by molar-refractivity contribution is 8.03. The Morgan fingerprint density at radius 3 is 2.77 bits per heavy atom. The van der Waals surface area contributed by atoms with E-state index in [0.717, 1.165) is 4.90 Å². The van der Waals surface area contributed by atoms with Crippen LogP contribution in [0.3, 0.4) is 0 Å². The summed E-state index contributed by atoms with van der Waals surface area (Å²) in [6.45, 7) is 4.91. The van der Waals surface area contributed by atoms with Gasteiger partial charge in [-0.05, 0) is 6.92 Å². The molecule has 0 aromatic heterocycles. The molecule has 0 saturated carbocycles. The van der Waals surface area contributed by atoms with Crippen molar-refractivity contribution in [2.45, 2.75) is 25.5 Å². The Balaban J connectivity index is 2.19. The first kappa shape index (κ1) is 17.0. The highest BCUT2D eigenvalue weighted by Crippen LogP contribution is 2.47. The molecular formula is C12H15NO7S2. The number of carbonyl (C=O) groups is 2. The minimum Gasteiger partial charge on any atom is -0.477 e. The second kappa shape index (κ2) is 6.03. The summed E-state index contributed by atoms with van der Waals surface area (Å²) in [4.78, 5) is 25.2. The highest BCUT2D eigenvalue weighted by Gasteiger charge is 2.57. The molecule has 0 bridgehead atoms. The third-order valence-electron chi connectivity index (χ3n) is 3.53. The van der Waals surface area contributed by atoms with Crippen molar-refractivity contribution < 1.29 is 31.8 Å². The molecule has 1 fully saturated rings. The summed E-state index contributed by atoms with van der Waals surface area (Å²) in [6, 6.07) is -0.470. The van der Waals surface area contributed by atoms with Crippen LogP contribution in [-0.2, 0) is 24.2 Å². The predicted molar refractivity (Wildman–Crippen MR) is 78.2 cm³/mol. The first-order valence-corrected chi connectivity index (χ1v) is 8.71. The van der Waals surface area contributed by atoms with Crippen LogP contribution in [0.15, 0.2) is 23.3 Å². The molecular weight excluding hydrogens is 334 g/mol. The van der Waals surface area contributed by atoms with Gasteiger partial charge >= 0.3 is 16.4 Å². The number of carboxylic acids is 1. The van der Waals surface area contributed by atoms with Gasteiger partial charge < -0.3 is 10.0 Å². The summed E-state index contributed by atoms with van der Waals surface area (Å²) >= 11 is 1.28. The van der Waals surface area contributed by atoms with Crippen LogP contribution in [0, 0.1) is 5.92 Å². The van der Waals surface area contributed by atoms with Crippen molar-refractivity contribution in [3.63, 3.8) is 0 Å². The molecule has 8 nitrogen and oxygen atoms in total. The quantitative estimate of drug-likeness (QED) is 0.390. The summed E-state index contributed by atoms with van der Waals surface area (Å²) in [5.74, 6) is -2.03. The number of thioether (sulfide) groups is 1. The summed E-state index contributed by atoms with van der Waals surface area (Å²) < 4.78 is 34.6. The lowest BCUT2D eigenvalue weighted by atomic mass is 9.83. The third-order valence-corrected chi connectivity index (χ3v) is 5.18. The van der Waals surface area contributed by atoms with Crippen molar-refractivity contribution in [1.82, 2.24) is 4.90 Å². The van der Waals surface area contributed by atoms with Gasteiger partial charge in [0.05, 0.1) is 18.1 Å². The zero-order valence-corrected chi connectivity index (χ0v) is 13.3. The van der Waals surface area contributed by atoms with E-state index in [2.05, 4.69) is 10.8 Å². The normalized spacial score (nSPS) is 25.7. The Kier molecular flexibility index (Phi) is 4.66. The van der Waals surface area contributed by atoms with Crippen LogP contribution in [0.5, 0.6) is 0 Å². The van der Waals surface area contributed by atoms with Gasteiger partial charge in [-0.1, -0.05) is 6.08 Å². The van der Waals surface area contributed by atoms with E-state index >= 15 is 0 Å². The van der Waals surface area contributed by atoms with Gasteiger partial charge in [0.25, 0.3) is 0 Å². The summed E-state index contributed by atoms with van der Waals surface area (Å²) in [7, 11) is -4.67. The lowest BCUT2D eigenvalue weighted by molar-refractivity contribution is -0.160. The van der Waals surface area contributed by atoms with E-state index in [4.69, 9.17) is 4.55 Å². The van der Waals surface area contributed by atoms with Crippen LogP contribution in [-0.4, -0.2) is 52.8 Å². The molecule has 22 heavy (non-hydrogen) atoms. The smallest absolute Gasteiger partial charge is 0.397 e. The molecule has 2 N–H and O–H groups in total. The number of carbonyl (C=O) groups excluding carboxylic acids is 1. The van der Waals surface area contributed by atoms with Crippen molar-refractivity contribution in [3.8, 4) is 0 Å². The maximum absolute atomic E-state index is 12.1. The van der Waals surface area contributed by atoms with Gasteiger partial charge in [0.2, 0.25) is 5.91 Å². The van der Waals surface area contributed by atoms with E-state index in [1.165, 1.54) is 18.7 Å². The summed E-state index contributed by atoms with van der Waals surface area (Å²) in [5, 5.41) is 9.28. The van der Waals surface area contributed by atoms with Crippen molar-refractivity contribution in [1.29, 1.82) is 0 Å². The number of rotatable bonds is 7. The third kappa shape index (κ3) is 3.05. The fourth-order valence-electron chi connectivity index (χ4n) is 2.76. The Morgan fingerprint density at radius 1 is 1.64 bits per heavy atom. The fourth-order valence-corrected chi connectivity index (χ4v) is 4.19. The lowest BCUT2D eigenvalue weighted by Crippen LogP contribution is -2.62. The van der Waals surface area contributed by atoms with Crippen molar-refractivity contribution in [3.05, 3.63) is 23.3 Å². The maximum atomic E-state index is 12.1. The lowest BCUT2D eigenvalue weighted by Gasteiger charge is -2.45. The second-order valence-electron chi connectivity index (χ2n) is 4.91. The first-order valence-electron chi connectivity index (χ1n) is 6.36. The van der Waals surface area contributed by atoms with Gasteiger partial charge in [0, 0.05) is 17.1 Å². The van der Waals surface area contributed by atoms with Crippen molar-refractivity contribution in [2.75, 3.05) is 5.75 Å². The minimum absolute atomic E-state index is 0.0721. The van der Waals surface area contributed by atoms with Crippen LogP contribution < -0.4 is 0 Å². The number of fused-ring (bicyclic) bond motifs is 1. The maximum Gasteiger partial charge on any atom is 0.397 e. The van der Waals surface area contributed by atoms with E-state index in [0.29, 0.717) is 17.1 Å². The molecule has 0 unspecified atom stereocenters. The van der Waals surface area contributed by atoms with E-state index in [-0.39, 0.29) is 5.70 Å². The number of β-lactam (4-membered cyclic amide) rings is 1. The van der Waals surface area contributed by atoms with Gasteiger partial charge in [-0.2, -0.15) is 8.42 Å². The standard InChI is InChI=1S/C12H15NO7S2/c1-3-4-21-8-5-7-9(6(2)20-22(17,18)19)11(14)13(7)10(8)12(15)16/h3,6-7,9H,1,4-5H2,2H3,(H,15,16)(H,17,18,19)/t6-,7+,9-/m0/s1. The van der Waals surface area contributed by atoms with E-state index < -0.39 is 40.3 Å². The number of aliphatic carboxylic acids is 1. The number of nitrogens with zero attached hydrogens (tertiary/aromatic N) is 1. The number of hydrogen-bond donors (Lipinski definition) is 2. The average Bonchev–Trinajstić information content (AvgIpc) is 2.68. The van der Waals surface area contributed by atoms with Crippen molar-refractivity contribution >= 4 is 34.0 Å². The Labute approximate surface area is 131 Å². The molecule has 2 aliphatic rings. The minimum atomic E-state index is -4.67. The highest BCUT2D eigenvalue weighted by atomic mass is 32.3. The number of carboxylic acid groups (broad SMARTS) is 1. The van der Waals surface area contributed by atoms with Gasteiger partial charge in [-0.25, -0.2) is 8.98 Å². The molecule has 3 atom stereocenters. The molecule has 0 aliphatic carbocycles. The monoisotopic (exact) mass is 349 g/mol. The van der Waals surface area contributed by atoms with Gasteiger partial charge in [-0.3, -0.25) is 9.35 Å². The first-order chi connectivity index (χ1) is 10.2. The zero-order valence-electron chi connectivity index (χ0n) is 11.6. The SMILES string of the molecule is C=CCSC1=C(C(=O)O)N2C(=O)[C@@H]([C@H](C)OS(=O)(=O)O)[C@H]2C1. The van der Waals surface area contributed by atoms with E-state index in [1.54, 1.807) is 6.08 Å². The molecule has 122 valence electrons. The summed E-state index contributed by atoms with van der Waals surface area (Å²) in [5.41, 5.74) is -0.0721. The van der Waals surface area contributed by atoms with Crippen molar-refractivity contribution in [2.24, 2.45) is 5.92 Å². The molecule has 2 heterocycles. The Hall–Kier alpha value is -1.36. The van der Waals surface area contributed by atoms with Gasteiger partial charge in [0.15, 0.2) is 0 Å². The molecule has 2 rings (SSSR count). The van der Waals surface area contributed by atoms with Gasteiger partial charge in [-0.15, -0.1) is 18.3 Å². The fraction of sp³-hybridized carbons (Fsp3) is 0.500. The van der Waals surface area contributed by atoms with Gasteiger partial charge in [0.1, 0.15) is 5.70 Å². The summed E-state index contributed by atoms with van der Waals surface area (Å²) in [6.07, 6.45) is 0.869. The second-order valence-corrected chi connectivity index (χ2v) is 7.07. The molecule has 2 aliphatic heterocycles. The largest absolute Gasteiger partial charge is 0.477 e. The van der Waals surface area contributed by atoms with E-state index in [1.807, 2.05) is 0 Å². The molecule has 0 radical (unpaired) electrons. The molecule has 0 aromatic rings. The number of amides is 1. The zero-order chi connectivity index (χ0) is 16.7. The average molecular weight is 349 g/mol. The Bertz CT molecular complexity index is 654. The predicted octanol–water partition coefficient (Wildman–Crippen LogP) is 0.640. The van der Waals surface area contributed by atoms with Crippen LogP contribution in [0.4, 0.5) is 0 Å². The topological polar surface area (TPSA) is 121 Å². The van der Waals surface area contributed by atoms with Crippen LogP contribution in [0.25, 0.3) is 0 Å². The van der Waals surface area contributed by atoms with Crippen LogP contribution in [0.1, 0.15) is 13.3 Å². The van der Waals surface area contributed by atoms with Crippen LogP contribution in [0.2, 0.25) is 0 Å². The molecule has 0 aromatic carbocycles. The molecule has 10 heteroatoms. The van der Waals surface area contributed by atoms with Crippen LogP contribution >= 0.6 is 11.8 Å². The number of hydrogen-bond acceptors (Lipinski definition) is 6.